The van der Waals surface area contributed by atoms with Gasteiger partial charge in [0.1, 0.15) is 23.1 Å². The summed E-state index contributed by atoms with van der Waals surface area (Å²) in [6, 6.07) is 52.0. The van der Waals surface area contributed by atoms with E-state index >= 15 is 0 Å². The predicted octanol–water partition coefficient (Wildman–Crippen LogP) is 10.4. The zero-order valence-electron chi connectivity index (χ0n) is 27.5. The molecule has 2 aromatic heterocycles. The van der Waals surface area contributed by atoms with Gasteiger partial charge in [0, 0.05) is 33.4 Å². The van der Waals surface area contributed by atoms with Crippen LogP contribution in [-0.4, -0.2) is 19.9 Å². The van der Waals surface area contributed by atoms with Crippen LogP contribution >= 0.6 is 0 Å². The van der Waals surface area contributed by atoms with Gasteiger partial charge in [0.05, 0.1) is 34.9 Å². The average molecular weight is 655 g/mol. The zero-order chi connectivity index (χ0) is 34.2. The standard InChI is InChI=1S/C46H30N4O/c1-3-13-33(14-4-1)25-27-35-17-11-19-37(29-35)41-31-47-45(49-41)39-21-7-9-23-43(39)51-44-24-10-8-22-40(44)46-48-32-42(50-46)38-20-12-18-36(30-38)28-26-34-15-5-2-6-16-34/h1-24,29-32H,(H,47,49)(H,48,50). The molecule has 5 nitrogen and oxygen atoms in total. The lowest BCUT2D eigenvalue weighted by molar-refractivity contribution is 0.485. The van der Waals surface area contributed by atoms with Crippen molar-refractivity contribution in [3.63, 3.8) is 0 Å². The second-order valence-electron chi connectivity index (χ2n) is 11.8. The fourth-order valence-electron chi connectivity index (χ4n) is 5.69. The van der Waals surface area contributed by atoms with Crippen molar-refractivity contribution in [2.24, 2.45) is 0 Å². The molecule has 51 heavy (non-hydrogen) atoms. The van der Waals surface area contributed by atoms with Crippen LogP contribution < -0.4 is 4.74 Å². The van der Waals surface area contributed by atoms with Crippen LogP contribution in [-0.2, 0) is 0 Å². The summed E-state index contributed by atoms with van der Waals surface area (Å²) in [5.41, 5.74) is 9.28. The fourth-order valence-corrected chi connectivity index (χ4v) is 5.69. The van der Waals surface area contributed by atoms with E-state index in [0.29, 0.717) is 23.1 Å². The van der Waals surface area contributed by atoms with Crippen molar-refractivity contribution >= 4 is 0 Å². The van der Waals surface area contributed by atoms with Gasteiger partial charge in [-0.05, 0) is 72.8 Å². The van der Waals surface area contributed by atoms with Crippen LogP contribution in [0.3, 0.4) is 0 Å². The molecule has 0 saturated carbocycles. The van der Waals surface area contributed by atoms with Crippen LogP contribution in [0.4, 0.5) is 0 Å². The van der Waals surface area contributed by atoms with E-state index in [4.69, 9.17) is 14.7 Å². The molecule has 0 aliphatic rings. The van der Waals surface area contributed by atoms with E-state index in [2.05, 4.69) is 57.9 Å². The molecule has 2 N–H and O–H groups in total. The molecule has 0 saturated heterocycles. The van der Waals surface area contributed by atoms with Crippen LogP contribution in [0.25, 0.3) is 45.3 Å². The lowest BCUT2D eigenvalue weighted by Gasteiger charge is -2.12. The summed E-state index contributed by atoms with van der Waals surface area (Å²) in [6.45, 7) is 0. The molecule has 0 unspecified atom stereocenters. The molecule has 0 bridgehead atoms. The molecule has 8 aromatic rings. The number of rotatable bonds is 6. The Morgan fingerprint density at radius 1 is 0.392 bits per heavy atom. The van der Waals surface area contributed by atoms with E-state index < -0.39 is 0 Å². The topological polar surface area (TPSA) is 66.6 Å². The minimum atomic E-state index is 0.671. The first-order valence-electron chi connectivity index (χ1n) is 16.6. The van der Waals surface area contributed by atoms with Crippen LogP contribution in [0.5, 0.6) is 11.5 Å². The summed E-state index contributed by atoms with van der Waals surface area (Å²) in [4.78, 5) is 16.5. The maximum atomic E-state index is 6.61. The lowest BCUT2D eigenvalue weighted by Crippen LogP contribution is -1.93. The molecule has 2 heterocycles. The smallest absolute Gasteiger partial charge is 0.141 e. The van der Waals surface area contributed by atoms with Gasteiger partial charge in [-0.2, -0.15) is 0 Å². The number of para-hydroxylation sites is 2. The Morgan fingerprint density at radius 3 is 1.25 bits per heavy atom. The second-order valence-corrected chi connectivity index (χ2v) is 11.8. The highest BCUT2D eigenvalue weighted by Crippen LogP contribution is 2.37. The average Bonchev–Trinajstić information content (AvgIpc) is 3.90. The normalized spacial score (nSPS) is 10.4. The summed E-state index contributed by atoms with van der Waals surface area (Å²) in [5, 5.41) is 0. The Hall–Kier alpha value is -7.34. The van der Waals surface area contributed by atoms with Gasteiger partial charge >= 0.3 is 0 Å². The molecule has 0 aliphatic heterocycles. The number of ether oxygens (including phenoxy) is 1. The van der Waals surface area contributed by atoms with E-state index in [1.54, 1.807) is 0 Å². The Bertz CT molecular complexity index is 2400. The van der Waals surface area contributed by atoms with Gasteiger partial charge in [0.25, 0.3) is 0 Å². The Kier molecular flexibility index (Phi) is 8.75. The van der Waals surface area contributed by atoms with Crippen molar-refractivity contribution in [2.75, 3.05) is 0 Å². The number of imidazole rings is 2. The summed E-state index contributed by atoms with van der Waals surface area (Å²) in [5.74, 6) is 15.8. The van der Waals surface area contributed by atoms with Gasteiger partial charge in [-0.15, -0.1) is 0 Å². The van der Waals surface area contributed by atoms with Crippen molar-refractivity contribution in [2.45, 2.75) is 0 Å². The molecule has 0 spiro atoms. The van der Waals surface area contributed by atoms with Crippen molar-refractivity contribution in [3.05, 3.63) is 192 Å². The largest absolute Gasteiger partial charge is 0.456 e. The molecule has 5 heteroatoms. The number of nitrogens with zero attached hydrogens (tertiary/aromatic N) is 2. The van der Waals surface area contributed by atoms with Gasteiger partial charge in [-0.1, -0.05) is 109 Å². The van der Waals surface area contributed by atoms with Crippen LogP contribution in [0.1, 0.15) is 22.3 Å². The first kappa shape index (κ1) is 31.0. The number of aromatic amines is 2. The molecule has 0 amide bonds. The summed E-state index contributed by atoms with van der Waals surface area (Å²) < 4.78 is 6.61. The van der Waals surface area contributed by atoms with Crippen LogP contribution in [0.15, 0.2) is 170 Å². The second kappa shape index (κ2) is 14.4. The molecule has 0 fully saturated rings. The number of hydrogen-bond donors (Lipinski definition) is 2. The highest BCUT2D eigenvalue weighted by Gasteiger charge is 2.16. The SMILES string of the molecule is C(#Cc1cccc(-c2cnc(-c3ccccc3Oc3ccccc3-c3ncc(-c4cccc(C#Cc5ccccc5)c4)[nH]3)[nH]2)c1)c1ccccc1. The molecule has 0 radical (unpaired) electrons. The molecular formula is C46H30N4O. The number of hydrogen-bond acceptors (Lipinski definition) is 3. The maximum Gasteiger partial charge on any atom is 0.141 e. The number of benzene rings is 6. The number of nitrogens with one attached hydrogen (secondary N) is 2. The quantitative estimate of drug-likeness (QED) is 0.175. The molecule has 8 rings (SSSR count). The first-order chi connectivity index (χ1) is 25.2. The van der Waals surface area contributed by atoms with E-state index in [0.717, 1.165) is 55.9 Å². The Morgan fingerprint density at radius 2 is 0.784 bits per heavy atom. The monoisotopic (exact) mass is 654 g/mol. The molecule has 240 valence electrons. The lowest BCUT2D eigenvalue weighted by atomic mass is 10.1. The molecule has 0 aliphatic carbocycles. The highest BCUT2D eigenvalue weighted by atomic mass is 16.5. The van der Waals surface area contributed by atoms with Gasteiger partial charge in [0.15, 0.2) is 0 Å². The number of H-pyrrole nitrogens is 2. The van der Waals surface area contributed by atoms with Gasteiger partial charge in [0.2, 0.25) is 0 Å². The van der Waals surface area contributed by atoms with E-state index in [1.165, 1.54) is 0 Å². The first-order valence-corrected chi connectivity index (χ1v) is 16.6. The minimum Gasteiger partial charge on any atom is -0.456 e. The molecular weight excluding hydrogens is 625 g/mol. The molecule has 6 aromatic carbocycles. The van der Waals surface area contributed by atoms with E-state index in [9.17, 15) is 0 Å². The van der Waals surface area contributed by atoms with E-state index in [-0.39, 0.29) is 0 Å². The van der Waals surface area contributed by atoms with Gasteiger partial charge in [-0.3, -0.25) is 0 Å². The molecule has 0 atom stereocenters. The Balaban J connectivity index is 1.04. The van der Waals surface area contributed by atoms with Gasteiger partial charge in [-0.25, -0.2) is 9.97 Å². The minimum absolute atomic E-state index is 0.671. The number of aromatic nitrogens is 4. The third-order valence-electron chi connectivity index (χ3n) is 8.25. The van der Waals surface area contributed by atoms with Crippen molar-refractivity contribution in [1.29, 1.82) is 0 Å². The third-order valence-corrected chi connectivity index (χ3v) is 8.25. The predicted molar refractivity (Wildman–Crippen MR) is 204 cm³/mol. The highest BCUT2D eigenvalue weighted by molar-refractivity contribution is 5.73. The van der Waals surface area contributed by atoms with Crippen molar-refractivity contribution in [3.8, 4) is 80.5 Å². The summed E-state index contributed by atoms with van der Waals surface area (Å²) in [6.07, 6.45) is 3.69. The summed E-state index contributed by atoms with van der Waals surface area (Å²) >= 11 is 0. The van der Waals surface area contributed by atoms with E-state index in [1.807, 2.05) is 146 Å². The van der Waals surface area contributed by atoms with Crippen LogP contribution in [0, 0.1) is 23.7 Å². The zero-order valence-corrected chi connectivity index (χ0v) is 27.5. The van der Waals surface area contributed by atoms with Gasteiger partial charge < -0.3 is 14.7 Å². The Labute approximate surface area is 296 Å². The van der Waals surface area contributed by atoms with Crippen LogP contribution in [0.2, 0.25) is 0 Å². The maximum absolute atomic E-state index is 6.61. The van der Waals surface area contributed by atoms with Crippen molar-refractivity contribution < 1.29 is 4.74 Å². The summed E-state index contributed by atoms with van der Waals surface area (Å²) in [7, 11) is 0. The third kappa shape index (κ3) is 7.25. The fraction of sp³-hybridized carbons (Fsp3) is 0. The van der Waals surface area contributed by atoms with Crippen molar-refractivity contribution in [1.82, 2.24) is 19.9 Å².